The molecule has 1 aromatic heterocycles. The van der Waals surface area contributed by atoms with Crippen molar-refractivity contribution in [3.63, 3.8) is 0 Å². The first-order chi connectivity index (χ1) is 8.60. The third-order valence-corrected chi connectivity index (χ3v) is 2.97. The number of amides is 1. The second kappa shape index (κ2) is 7.03. The number of nitrogens with zero attached hydrogens (tertiary/aromatic N) is 3. The summed E-state index contributed by atoms with van der Waals surface area (Å²) in [5.74, 6) is 0.426. The molecule has 0 bridgehead atoms. The van der Waals surface area contributed by atoms with E-state index in [1.165, 1.54) is 0 Å². The van der Waals surface area contributed by atoms with Crippen LogP contribution in [0.4, 0.5) is 5.82 Å². The number of nitrogen functional groups attached to an aromatic ring is 1. The minimum absolute atomic E-state index is 0.0311. The molecule has 2 N–H and O–H groups in total. The van der Waals surface area contributed by atoms with Crippen LogP contribution < -0.4 is 5.73 Å². The fourth-order valence-electron chi connectivity index (χ4n) is 1.86. The molecule has 0 saturated carbocycles. The van der Waals surface area contributed by atoms with E-state index in [4.69, 9.17) is 5.73 Å². The summed E-state index contributed by atoms with van der Waals surface area (Å²) in [6.07, 6.45) is 4.23. The molecule has 1 aromatic rings. The summed E-state index contributed by atoms with van der Waals surface area (Å²) >= 11 is 0. The van der Waals surface area contributed by atoms with E-state index in [0.29, 0.717) is 11.5 Å². The lowest BCUT2D eigenvalue weighted by Crippen LogP contribution is -2.34. The van der Waals surface area contributed by atoms with Crippen LogP contribution in [0.15, 0.2) is 6.07 Å². The summed E-state index contributed by atoms with van der Waals surface area (Å²) < 4.78 is 1.56. The highest BCUT2D eigenvalue weighted by atomic mass is 16.2. The van der Waals surface area contributed by atoms with Crippen molar-refractivity contribution in [2.75, 3.05) is 18.8 Å². The summed E-state index contributed by atoms with van der Waals surface area (Å²) in [5, 5.41) is 4.02. The summed E-state index contributed by atoms with van der Waals surface area (Å²) in [7, 11) is 1.75. The highest BCUT2D eigenvalue weighted by molar-refractivity contribution is 5.93. The lowest BCUT2D eigenvalue weighted by molar-refractivity contribution is 0.0740. The average molecular weight is 252 g/mol. The van der Waals surface area contributed by atoms with Gasteiger partial charge in [-0.05, 0) is 12.8 Å². The molecule has 0 fully saturated rings. The van der Waals surface area contributed by atoms with Crippen molar-refractivity contribution >= 4 is 11.7 Å². The van der Waals surface area contributed by atoms with Crippen LogP contribution in [0.2, 0.25) is 0 Å². The Morgan fingerprint density at radius 3 is 2.28 bits per heavy atom. The predicted octanol–water partition coefficient (Wildman–Crippen LogP) is 2.04. The van der Waals surface area contributed by atoms with E-state index in [1.54, 1.807) is 17.8 Å². The van der Waals surface area contributed by atoms with Gasteiger partial charge >= 0.3 is 0 Å². The zero-order chi connectivity index (χ0) is 13.5. The molecule has 0 atom stereocenters. The van der Waals surface area contributed by atoms with Crippen molar-refractivity contribution in [2.24, 2.45) is 7.05 Å². The SMILES string of the molecule is CCCCN(CCCC)C(=O)c1cc(N)nn1C. The van der Waals surface area contributed by atoms with Gasteiger partial charge in [-0.2, -0.15) is 5.10 Å². The number of anilines is 1. The van der Waals surface area contributed by atoms with Gasteiger partial charge in [0.2, 0.25) is 0 Å². The first kappa shape index (κ1) is 14.5. The fourth-order valence-corrected chi connectivity index (χ4v) is 1.86. The van der Waals surface area contributed by atoms with Crippen molar-refractivity contribution < 1.29 is 4.79 Å². The van der Waals surface area contributed by atoms with Crippen LogP contribution in [0.5, 0.6) is 0 Å². The molecule has 1 heterocycles. The van der Waals surface area contributed by atoms with Crippen molar-refractivity contribution in [3.8, 4) is 0 Å². The minimum Gasteiger partial charge on any atom is -0.382 e. The molecule has 0 aliphatic carbocycles. The number of hydrogen-bond acceptors (Lipinski definition) is 3. The molecule has 0 aliphatic heterocycles. The maximum atomic E-state index is 12.4. The quantitative estimate of drug-likeness (QED) is 0.807. The number of unbranched alkanes of at least 4 members (excludes halogenated alkanes) is 2. The smallest absolute Gasteiger partial charge is 0.272 e. The molecule has 0 saturated heterocycles. The molecule has 102 valence electrons. The van der Waals surface area contributed by atoms with Crippen molar-refractivity contribution in [1.29, 1.82) is 0 Å². The van der Waals surface area contributed by atoms with Crippen LogP contribution in [-0.2, 0) is 7.05 Å². The van der Waals surface area contributed by atoms with Gasteiger partial charge in [0.05, 0.1) is 0 Å². The van der Waals surface area contributed by atoms with Gasteiger partial charge in [0.15, 0.2) is 0 Å². The van der Waals surface area contributed by atoms with Crippen LogP contribution in [0.1, 0.15) is 50.0 Å². The Morgan fingerprint density at radius 1 is 1.33 bits per heavy atom. The number of carbonyl (C=O) groups is 1. The van der Waals surface area contributed by atoms with E-state index in [1.807, 2.05) is 4.90 Å². The lowest BCUT2D eigenvalue weighted by Gasteiger charge is -2.22. The largest absolute Gasteiger partial charge is 0.382 e. The number of rotatable bonds is 7. The summed E-state index contributed by atoms with van der Waals surface area (Å²) in [6, 6.07) is 1.65. The highest BCUT2D eigenvalue weighted by Crippen LogP contribution is 2.10. The average Bonchev–Trinajstić information content (AvgIpc) is 2.68. The third kappa shape index (κ3) is 3.75. The van der Waals surface area contributed by atoms with Crippen LogP contribution in [0, 0.1) is 0 Å². The Balaban J connectivity index is 2.77. The van der Waals surface area contributed by atoms with E-state index < -0.39 is 0 Å². The number of hydrogen-bond donors (Lipinski definition) is 1. The summed E-state index contributed by atoms with van der Waals surface area (Å²) in [5.41, 5.74) is 6.18. The van der Waals surface area contributed by atoms with Crippen molar-refractivity contribution in [2.45, 2.75) is 39.5 Å². The Labute approximate surface area is 109 Å². The molecule has 5 nitrogen and oxygen atoms in total. The first-order valence-electron chi connectivity index (χ1n) is 6.68. The maximum Gasteiger partial charge on any atom is 0.272 e. The second-order valence-electron chi connectivity index (χ2n) is 4.58. The molecule has 0 spiro atoms. The molecule has 5 heteroatoms. The van der Waals surface area contributed by atoms with E-state index in [9.17, 15) is 4.79 Å². The number of aromatic nitrogens is 2. The van der Waals surface area contributed by atoms with Gasteiger partial charge in [-0.25, -0.2) is 0 Å². The third-order valence-electron chi connectivity index (χ3n) is 2.97. The monoisotopic (exact) mass is 252 g/mol. The number of nitrogens with two attached hydrogens (primary N) is 1. The Morgan fingerprint density at radius 2 is 1.89 bits per heavy atom. The van der Waals surface area contributed by atoms with Crippen LogP contribution in [-0.4, -0.2) is 33.7 Å². The van der Waals surface area contributed by atoms with Gasteiger partial charge in [0.25, 0.3) is 5.91 Å². The summed E-state index contributed by atoms with van der Waals surface area (Å²) in [4.78, 5) is 14.3. The Bertz CT molecular complexity index is 378. The molecule has 18 heavy (non-hydrogen) atoms. The van der Waals surface area contributed by atoms with Gasteiger partial charge < -0.3 is 10.6 Å². The topological polar surface area (TPSA) is 64.2 Å². The number of carbonyl (C=O) groups excluding carboxylic acids is 1. The molecule has 0 aliphatic rings. The van der Waals surface area contributed by atoms with Crippen molar-refractivity contribution in [1.82, 2.24) is 14.7 Å². The molecular weight excluding hydrogens is 228 g/mol. The van der Waals surface area contributed by atoms with Crippen LogP contribution >= 0.6 is 0 Å². The molecular formula is C13H24N4O. The fraction of sp³-hybridized carbons (Fsp3) is 0.692. The first-order valence-corrected chi connectivity index (χ1v) is 6.68. The molecule has 0 unspecified atom stereocenters. The van der Waals surface area contributed by atoms with Gasteiger partial charge in [-0.3, -0.25) is 9.48 Å². The van der Waals surface area contributed by atoms with Crippen LogP contribution in [0.3, 0.4) is 0 Å². The van der Waals surface area contributed by atoms with E-state index >= 15 is 0 Å². The Hall–Kier alpha value is -1.52. The maximum absolute atomic E-state index is 12.4. The highest BCUT2D eigenvalue weighted by Gasteiger charge is 2.18. The van der Waals surface area contributed by atoms with Crippen molar-refractivity contribution in [3.05, 3.63) is 11.8 Å². The second-order valence-corrected chi connectivity index (χ2v) is 4.58. The van der Waals surface area contributed by atoms with E-state index in [2.05, 4.69) is 18.9 Å². The summed E-state index contributed by atoms with van der Waals surface area (Å²) in [6.45, 7) is 5.87. The van der Waals surface area contributed by atoms with E-state index in [-0.39, 0.29) is 5.91 Å². The van der Waals surface area contributed by atoms with Crippen LogP contribution in [0.25, 0.3) is 0 Å². The zero-order valence-electron chi connectivity index (χ0n) is 11.6. The lowest BCUT2D eigenvalue weighted by atomic mass is 10.2. The molecule has 0 aromatic carbocycles. The standard InChI is InChI=1S/C13H24N4O/c1-4-6-8-17(9-7-5-2)13(18)11-10-12(14)15-16(11)3/h10H,4-9H2,1-3H3,(H2,14,15). The van der Waals surface area contributed by atoms with Gasteiger partial charge in [0.1, 0.15) is 11.5 Å². The minimum atomic E-state index is 0.0311. The Kier molecular flexibility index (Phi) is 5.68. The predicted molar refractivity (Wildman–Crippen MR) is 73.3 cm³/mol. The van der Waals surface area contributed by atoms with Gasteiger partial charge in [0, 0.05) is 26.2 Å². The van der Waals surface area contributed by atoms with Gasteiger partial charge in [-0.1, -0.05) is 26.7 Å². The normalized spacial score (nSPS) is 10.6. The molecule has 0 radical (unpaired) electrons. The van der Waals surface area contributed by atoms with E-state index in [0.717, 1.165) is 38.8 Å². The number of aryl methyl sites for hydroxylation is 1. The molecule has 1 rings (SSSR count). The molecule has 1 amide bonds. The zero-order valence-corrected chi connectivity index (χ0v) is 11.6. The van der Waals surface area contributed by atoms with Gasteiger partial charge in [-0.15, -0.1) is 0 Å².